The van der Waals surface area contributed by atoms with Gasteiger partial charge < -0.3 is 15.7 Å². The van der Waals surface area contributed by atoms with Gasteiger partial charge in [0.15, 0.2) is 5.84 Å². The molecule has 3 N–H and O–H groups in total. The second kappa shape index (κ2) is 5.75. The van der Waals surface area contributed by atoms with Gasteiger partial charge in [0.2, 0.25) is 5.88 Å². The predicted octanol–water partition coefficient (Wildman–Crippen LogP) is 3.07. The third-order valence-electron chi connectivity index (χ3n) is 2.59. The van der Waals surface area contributed by atoms with E-state index in [4.69, 9.17) is 27.3 Å². The molecule has 0 atom stereocenters. The van der Waals surface area contributed by atoms with Crippen molar-refractivity contribution in [2.75, 3.05) is 0 Å². The fourth-order valence-corrected chi connectivity index (χ4v) is 1.74. The fraction of sp³-hybridized carbons (Fsp3) is 0.0769. The number of nitrogens with two attached hydrogens (primary N) is 1. The van der Waals surface area contributed by atoms with Gasteiger partial charge in [-0.2, -0.15) is 0 Å². The van der Waals surface area contributed by atoms with Crippen molar-refractivity contribution < 1.29 is 14.3 Å². The zero-order chi connectivity index (χ0) is 14.7. The number of pyridine rings is 1. The van der Waals surface area contributed by atoms with E-state index in [0.29, 0.717) is 11.1 Å². The largest absolute Gasteiger partial charge is 0.438 e. The van der Waals surface area contributed by atoms with Crippen LogP contribution >= 0.6 is 11.6 Å². The van der Waals surface area contributed by atoms with E-state index in [1.807, 2.05) is 0 Å². The summed E-state index contributed by atoms with van der Waals surface area (Å²) >= 11 is 5.59. The SMILES string of the molecule is Cc1ccnc(Oc2ccc(Cl)c(F)c2)c1/C(N)=N/O. The number of benzene rings is 1. The number of aromatic nitrogens is 1. The molecule has 104 valence electrons. The van der Waals surface area contributed by atoms with Crippen LogP contribution < -0.4 is 10.5 Å². The molecule has 0 saturated carbocycles. The number of hydrogen-bond donors (Lipinski definition) is 2. The Morgan fingerprint density at radius 1 is 1.45 bits per heavy atom. The van der Waals surface area contributed by atoms with E-state index >= 15 is 0 Å². The molecule has 0 aliphatic rings. The van der Waals surface area contributed by atoms with Crippen LogP contribution in [0.15, 0.2) is 35.6 Å². The number of amidine groups is 1. The van der Waals surface area contributed by atoms with E-state index in [0.717, 1.165) is 6.07 Å². The van der Waals surface area contributed by atoms with E-state index in [2.05, 4.69) is 10.1 Å². The summed E-state index contributed by atoms with van der Waals surface area (Å²) < 4.78 is 18.8. The fourth-order valence-electron chi connectivity index (χ4n) is 1.62. The van der Waals surface area contributed by atoms with Crippen molar-refractivity contribution in [2.45, 2.75) is 6.92 Å². The molecule has 0 saturated heterocycles. The van der Waals surface area contributed by atoms with E-state index in [9.17, 15) is 4.39 Å². The van der Waals surface area contributed by atoms with Gasteiger partial charge in [0.25, 0.3) is 0 Å². The molecule has 0 amide bonds. The van der Waals surface area contributed by atoms with Crippen molar-refractivity contribution in [1.82, 2.24) is 4.98 Å². The molecule has 0 aliphatic heterocycles. The van der Waals surface area contributed by atoms with Gasteiger partial charge in [0, 0.05) is 12.3 Å². The molecule has 0 fully saturated rings. The van der Waals surface area contributed by atoms with Crippen LogP contribution in [0, 0.1) is 12.7 Å². The molecule has 0 aliphatic carbocycles. The molecule has 20 heavy (non-hydrogen) atoms. The van der Waals surface area contributed by atoms with Crippen molar-refractivity contribution in [2.24, 2.45) is 10.9 Å². The highest BCUT2D eigenvalue weighted by molar-refractivity contribution is 6.30. The first-order chi connectivity index (χ1) is 9.52. The highest BCUT2D eigenvalue weighted by Crippen LogP contribution is 2.27. The van der Waals surface area contributed by atoms with Crippen LogP contribution in [0.5, 0.6) is 11.6 Å². The highest BCUT2D eigenvalue weighted by Gasteiger charge is 2.14. The number of ether oxygens (including phenoxy) is 1. The first-order valence-corrected chi connectivity index (χ1v) is 5.97. The molecular formula is C13H11ClFN3O2. The summed E-state index contributed by atoms with van der Waals surface area (Å²) in [6.45, 7) is 1.75. The van der Waals surface area contributed by atoms with Crippen molar-refractivity contribution >= 4 is 17.4 Å². The molecule has 2 aromatic rings. The maximum atomic E-state index is 13.4. The molecule has 0 unspecified atom stereocenters. The summed E-state index contributed by atoms with van der Waals surface area (Å²) in [7, 11) is 0. The first kappa shape index (κ1) is 14.1. The lowest BCUT2D eigenvalue weighted by Crippen LogP contribution is -2.16. The Morgan fingerprint density at radius 2 is 2.20 bits per heavy atom. The summed E-state index contributed by atoms with van der Waals surface area (Å²) in [5, 5.41) is 11.7. The molecule has 1 aromatic heterocycles. The molecular weight excluding hydrogens is 285 g/mol. The molecule has 7 heteroatoms. The molecule has 2 rings (SSSR count). The van der Waals surface area contributed by atoms with E-state index in [1.54, 1.807) is 13.0 Å². The quantitative estimate of drug-likeness (QED) is 0.395. The van der Waals surface area contributed by atoms with Gasteiger partial charge in [-0.15, -0.1) is 0 Å². The number of aryl methyl sites for hydroxylation is 1. The Labute approximate surface area is 119 Å². The van der Waals surface area contributed by atoms with Crippen LogP contribution in [0.25, 0.3) is 0 Å². The number of rotatable bonds is 3. The van der Waals surface area contributed by atoms with Crippen LogP contribution in [0.4, 0.5) is 4.39 Å². The van der Waals surface area contributed by atoms with Gasteiger partial charge in [-0.05, 0) is 30.7 Å². The Morgan fingerprint density at radius 3 is 2.85 bits per heavy atom. The molecule has 0 radical (unpaired) electrons. The number of hydrogen-bond acceptors (Lipinski definition) is 4. The molecule has 1 heterocycles. The van der Waals surface area contributed by atoms with Gasteiger partial charge >= 0.3 is 0 Å². The minimum atomic E-state index is -0.609. The summed E-state index contributed by atoms with van der Waals surface area (Å²) in [6, 6.07) is 5.67. The molecule has 5 nitrogen and oxygen atoms in total. The Balaban J connectivity index is 2.43. The standard InChI is InChI=1S/C13H11ClFN3O2/c1-7-4-5-17-13(11(7)12(16)18-19)20-8-2-3-9(14)10(15)6-8/h2-6,19H,1H3,(H2,16,18). The molecule has 0 spiro atoms. The van der Waals surface area contributed by atoms with Gasteiger partial charge in [-0.1, -0.05) is 16.8 Å². The highest BCUT2D eigenvalue weighted by atomic mass is 35.5. The monoisotopic (exact) mass is 295 g/mol. The average molecular weight is 296 g/mol. The third-order valence-corrected chi connectivity index (χ3v) is 2.90. The van der Waals surface area contributed by atoms with Gasteiger partial charge in [-0.25, -0.2) is 9.37 Å². The maximum Gasteiger partial charge on any atom is 0.230 e. The van der Waals surface area contributed by atoms with Gasteiger partial charge in [-0.3, -0.25) is 0 Å². The molecule has 1 aromatic carbocycles. The third kappa shape index (κ3) is 2.80. The Bertz CT molecular complexity index is 677. The minimum absolute atomic E-state index is 0.00814. The summed E-state index contributed by atoms with van der Waals surface area (Å²) in [4.78, 5) is 4.01. The van der Waals surface area contributed by atoms with Crippen LogP contribution in [0.3, 0.4) is 0 Å². The average Bonchev–Trinajstić information content (AvgIpc) is 2.42. The van der Waals surface area contributed by atoms with Crippen molar-refractivity contribution in [3.63, 3.8) is 0 Å². The van der Waals surface area contributed by atoms with E-state index in [-0.39, 0.29) is 22.5 Å². The minimum Gasteiger partial charge on any atom is -0.438 e. The van der Waals surface area contributed by atoms with Gasteiger partial charge in [0.05, 0.1) is 10.6 Å². The second-order valence-corrected chi connectivity index (χ2v) is 4.38. The normalized spacial score (nSPS) is 11.4. The van der Waals surface area contributed by atoms with Crippen LogP contribution in [0.1, 0.15) is 11.1 Å². The van der Waals surface area contributed by atoms with Crippen molar-refractivity contribution in [3.8, 4) is 11.6 Å². The Hall–Kier alpha value is -2.34. The van der Waals surface area contributed by atoms with E-state index in [1.165, 1.54) is 18.3 Å². The first-order valence-electron chi connectivity index (χ1n) is 5.59. The topological polar surface area (TPSA) is 80.7 Å². The number of halogens is 2. The maximum absolute atomic E-state index is 13.4. The van der Waals surface area contributed by atoms with Crippen molar-refractivity contribution in [1.29, 1.82) is 0 Å². The second-order valence-electron chi connectivity index (χ2n) is 3.97. The molecule has 0 bridgehead atoms. The zero-order valence-electron chi connectivity index (χ0n) is 10.5. The number of nitrogens with zero attached hydrogens (tertiary/aromatic N) is 2. The van der Waals surface area contributed by atoms with Gasteiger partial charge in [0.1, 0.15) is 11.6 Å². The lowest BCUT2D eigenvalue weighted by Gasteiger charge is -2.11. The van der Waals surface area contributed by atoms with Crippen LogP contribution in [0.2, 0.25) is 5.02 Å². The lowest BCUT2D eigenvalue weighted by molar-refractivity contribution is 0.318. The van der Waals surface area contributed by atoms with Crippen LogP contribution in [-0.2, 0) is 0 Å². The number of oxime groups is 1. The Kier molecular flexibility index (Phi) is 4.05. The summed E-state index contributed by atoms with van der Waals surface area (Å²) in [6.07, 6.45) is 1.51. The lowest BCUT2D eigenvalue weighted by atomic mass is 10.1. The predicted molar refractivity (Wildman–Crippen MR) is 73.0 cm³/mol. The summed E-state index contributed by atoms with van der Waals surface area (Å²) in [5.41, 5.74) is 6.63. The van der Waals surface area contributed by atoms with Crippen LogP contribution in [-0.4, -0.2) is 16.0 Å². The van der Waals surface area contributed by atoms with Crippen molar-refractivity contribution in [3.05, 3.63) is 52.4 Å². The zero-order valence-corrected chi connectivity index (χ0v) is 11.2. The smallest absolute Gasteiger partial charge is 0.230 e. The summed E-state index contributed by atoms with van der Waals surface area (Å²) in [5.74, 6) is -0.429. The van der Waals surface area contributed by atoms with E-state index < -0.39 is 5.82 Å².